The number of esters is 1. The van der Waals surface area contributed by atoms with E-state index in [0.717, 1.165) is 24.0 Å². The van der Waals surface area contributed by atoms with E-state index in [1.807, 2.05) is 11.8 Å². The van der Waals surface area contributed by atoms with Crippen LogP contribution in [0.5, 0.6) is 0 Å². The van der Waals surface area contributed by atoms with Gasteiger partial charge in [0.2, 0.25) is 5.95 Å². The van der Waals surface area contributed by atoms with Gasteiger partial charge in [-0.05, 0) is 37.5 Å². The second-order valence-corrected chi connectivity index (χ2v) is 9.53. The van der Waals surface area contributed by atoms with Crippen LogP contribution in [0.15, 0.2) is 40.2 Å². The number of anilines is 1. The molecule has 4 aromatic rings. The third-order valence-electron chi connectivity index (χ3n) is 6.86. The highest BCUT2D eigenvalue weighted by Crippen LogP contribution is 2.23. The first-order valence-corrected chi connectivity index (χ1v) is 13.0. The lowest BCUT2D eigenvalue weighted by atomic mass is 10.1. The summed E-state index contributed by atoms with van der Waals surface area (Å²) in [6.45, 7) is 3.52. The van der Waals surface area contributed by atoms with Crippen LogP contribution in [0.25, 0.3) is 22.2 Å². The summed E-state index contributed by atoms with van der Waals surface area (Å²) in [4.78, 5) is 55.7. The van der Waals surface area contributed by atoms with E-state index >= 15 is 0 Å². The molecular formula is C26H32N8O5. The Balaban J connectivity index is 1.65. The lowest BCUT2D eigenvalue weighted by Gasteiger charge is -2.31. The summed E-state index contributed by atoms with van der Waals surface area (Å²) >= 11 is 0. The molecule has 0 amide bonds. The van der Waals surface area contributed by atoms with Gasteiger partial charge in [0.15, 0.2) is 11.2 Å². The smallest absolute Gasteiger partial charge is 0.333 e. The first-order valence-electron chi connectivity index (χ1n) is 13.0. The van der Waals surface area contributed by atoms with Crippen LogP contribution in [0.4, 0.5) is 5.95 Å². The molecule has 1 aliphatic rings. The van der Waals surface area contributed by atoms with E-state index in [0.29, 0.717) is 35.6 Å². The van der Waals surface area contributed by atoms with Crippen LogP contribution in [0.3, 0.4) is 0 Å². The summed E-state index contributed by atoms with van der Waals surface area (Å²) in [6.07, 6.45) is 4.98. The number of methoxy groups -OCH3 is 1. The number of nitrogens with zero attached hydrogens (tertiary/aromatic N) is 7. The van der Waals surface area contributed by atoms with Gasteiger partial charge in [-0.3, -0.25) is 28.7 Å². The van der Waals surface area contributed by atoms with Crippen molar-refractivity contribution in [2.45, 2.75) is 45.4 Å². The van der Waals surface area contributed by atoms with Gasteiger partial charge < -0.3 is 24.7 Å². The molecule has 1 aliphatic heterocycles. The van der Waals surface area contributed by atoms with Crippen LogP contribution < -0.4 is 21.9 Å². The standard InChI is InChI=1S/C26H32N8O5/c1-3-32-22-23(30-25(32)31-10-4-5-18(27)15-31)33(16-21(35)39-12-11-38-2)26(37)34(24(22)36)14-17-6-7-19-20(13-17)29-9-8-28-19/h6-9,13,18H,3-5,10-12,14-16,27H2,1-2H3. The normalized spacial score (nSPS) is 15.8. The van der Waals surface area contributed by atoms with Gasteiger partial charge in [0.1, 0.15) is 13.2 Å². The van der Waals surface area contributed by atoms with E-state index in [1.54, 1.807) is 35.2 Å². The number of benzene rings is 1. The molecule has 5 rings (SSSR count). The Bertz CT molecular complexity index is 1620. The lowest BCUT2D eigenvalue weighted by molar-refractivity contribution is -0.145. The number of fused-ring (bicyclic) bond motifs is 2. The highest BCUT2D eigenvalue weighted by Gasteiger charge is 2.27. The molecule has 13 nitrogen and oxygen atoms in total. The first-order chi connectivity index (χ1) is 18.9. The van der Waals surface area contributed by atoms with Gasteiger partial charge in [-0.1, -0.05) is 6.07 Å². The molecule has 39 heavy (non-hydrogen) atoms. The highest BCUT2D eigenvalue weighted by atomic mass is 16.6. The average Bonchev–Trinajstić information content (AvgIpc) is 3.33. The van der Waals surface area contributed by atoms with Crippen molar-refractivity contribution < 1.29 is 14.3 Å². The van der Waals surface area contributed by atoms with E-state index in [4.69, 9.17) is 20.2 Å². The number of hydrogen-bond donors (Lipinski definition) is 1. The summed E-state index contributed by atoms with van der Waals surface area (Å²) in [5.41, 5.74) is 7.52. The van der Waals surface area contributed by atoms with Crippen LogP contribution in [0.2, 0.25) is 0 Å². The van der Waals surface area contributed by atoms with Crippen molar-refractivity contribution in [3.63, 3.8) is 0 Å². The van der Waals surface area contributed by atoms with Gasteiger partial charge in [0.25, 0.3) is 5.56 Å². The Morgan fingerprint density at radius 2 is 1.90 bits per heavy atom. The number of imidazole rings is 1. The molecule has 4 heterocycles. The molecule has 0 radical (unpaired) electrons. The van der Waals surface area contributed by atoms with Crippen LogP contribution >= 0.6 is 0 Å². The highest BCUT2D eigenvalue weighted by molar-refractivity contribution is 5.78. The molecule has 1 atom stereocenters. The molecule has 1 saturated heterocycles. The van der Waals surface area contributed by atoms with Crippen LogP contribution in [-0.2, 0) is 33.9 Å². The fourth-order valence-electron chi connectivity index (χ4n) is 5.00. The minimum Gasteiger partial charge on any atom is -0.462 e. The summed E-state index contributed by atoms with van der Waals surface area (Å²) in [6, 6.07) is 5.36. The topological polar surface area (TPSA) is 152 Å². The summed E-state index contributed by atoms with van der Waals surface area (Å²) < 4.78 is 14.3. The zero-order valence-corrected chi connectivity index (χ0v) is 22.1. The number of carbonyl (C=O) groups excluding carboxylic acids is 1. The molecule has 1 unspecified atom stereocenters. The Hall–Kier alpha value is -4.10. The third kappa shape index (κ3) is 5.27. The monoisotopic (exact) mass is 536 g/mol. The second-order valence-electron chi connectivity index (χ2n) is 9.53. The molecule has 3 aromatic heterocycles. The maximum absolute atomic E-state index is 13.9. The van der Waals surface area contributed by atoms with Crippen LogP contribution in [-0.4, -0.2) is 74.1 Å². The predicted molar refractivity (Wildman–Crippen MR) is 145 cm³/mol. The lowest BCUT2D eigenvalue weighted by Crippen LogP contribution is -2.44. The van der Waals surface area contributed by atoms with E-state index in [-0.39, 0.29) is 37.0 Å². The number of hydrogen-bond acceptors (Lipinski definition) is 10. The molecule has 0 aliphatic carbocycles. The quantitative estimate of drug-likeness (QED) is 0.236. The van der Waals surface area contributed by atoms with Gasteiger partial charge >= 0.3 is 11.7 Å². The average molecular weight is 537 g/mol. The third-order valence-corrected chi connectivity index (χ3v) is 6.86. The minimum absolute atomic E-state index is 0.0162. The zero-order valence-electron chi connectivity index (χ0n) is 22.1. The van der Waals surface area contributed by atoms with Crippen molar-refractivity contribution in [1.82, 2.24) is 28.7 Å². The fraction of sp³-hybridized carbons (Fsp3) is 0.462. The Kier molecular flexibility index (Phi) is 7.70. The SMILES string of the molecule is CCn1c(N2CCCC(N)C2)nc2c1c(=O)n(Cc1ccc3nccnc3c1)c(=O)n2CC(=O)OCCOC. The molecular weight excluding hydrogens is 504 g/mol. The number of carbonyl (C=O) groups is 1. The van der Waals surface area contributed by atoms with E-state index in [2.05, 4.69) is 9.97 Å². The molecule has 0 saturated carbocycles. The molecule has 1 aromatic carbocycles. The number of piperidine rings is 1. The maximum Gasteiger partial charge on any atom is 0.333 e. The van der Waals surface area contributed by atoms with Crippen molar-refractivity contribution in [1.29, 1.82) is 0 Å². The Labute approximate surface area is 223 Å². The van der Waals surface area contributed by atoms with Crippen molar-refractivity contribution in [2.24, 2.45) is 5.73 Å². The van der Waals surface area contributed by atoms with Gasteiger partial charge in [0.05, 0.1) is 24.2 Å². The minimum atomic E-state index is -0.655. The number of aromatic nitrogens is 6. The van der Waals surface area contributed by atoms with Crippen molar-refractivity contribution in [3.8, 4) is 0 Å². The van der Waals surface area contributed by atoms with Gasteiger partial charge in [-0.2, -0.15) is 4.98 Å². The van der Waals surface area contributed by atoms with Crippen LogP contribution in [0.1, 0.15) is 25.3 Å². The molecule has 206 valence electrons. The molecule has 0 spiro atoms. The first kappa shape index (κ1) is 26.5. The molecule has 2 N–H and O–H groups in total. The molecule has 1 fully saturated rings. The number of rotatable bonds is 9. The largest absolute Gasteiger partial charge is 0.462 e. The van der Waals surface area contributed by atoms with Gasteiger partial charge in [-0.25, -0.2) is 4.79 Å². The van der Waals surface area contributed by atoms with Crippen LogP contribution in [0, 0.1) is 0 Å². The van der Waals surface area contributed by atoms with E-state index in [1.165, 1.54) is 11.7 Å². The summed E-state index contributed by atoms with van der Waals surface area (Å²) in [7, 11) is 1.50. The zero-order chi connectivity index (χ0) is 27.5. The second kappa shape index (κ2) is 11.3. The van der Waals surface area contributed by atoms with Crippen molar-refractivity contribution in [3.05, 3.63) is 57.0 Å². The van der Waals surface area contributed by atoms with Crippen molar-refractivity contribution in [2.75, 3.05) is 38.3 Å². The Morgan fingerprint density at radius 3 is 2.64 bits per heavy atom. The number of nitrogens with two attached hydrogens (primary N) is 1. The summed E-state index contributed by atoms with van der Waals surface area (Å²) in [5, 5.41) is 0. The maximum atomic E-state index is 13.9. The Morgan fingerprint density at radius 1 is 1.10 bits per heavy atom. The van der Waals surface area contributed by atoms with Gasteiger partial charge in [-0.15, -0.1) is 0 Å². The van der Waals surface area contributed by atoms with Crippen molar-refractivity contribution >= 4 is 34.1 Å². The van der Waals surface area contributed by atoms with E-state index in [9.17, 15) is 14.4 Å². The summed E-state index contributed by atoms with van der Waals surface area (Å²) in [5.74, 6) is -0.0754. The number of ether oxygens (including phenoxy) is 2. The predicted octanol–water partition coefficient (Wildman–Crippen LogP) is 0.488. The molecule has 0 bridgehead atoms. The molecule has 13 heteroatoms. The number of aryl methyl sites for hydroxylation is 1. The fourth-order valence-corrected chi connectivity index (χ4v) is 5.00. The van der Waals surface area contributed by atoms with Gasteiger partial charge in [0, 0.05) is 45.2 Å². The van der Waals surface area contributed by atoms with E-state index < -0.39 is 23.8 Å².